The summed E-state index contributed by atoms with van der Waals surface area (Å²) in [6.07, 6.45) is 0.765. The molecule has 0 aliphatic rings. The maximum absolute atomic E-state index is 12.1. The fourth-order valence-corrected chi connectivity index (χ4v) is 2.82. The van der Waals surface area contributed by atoms with Crippen molar-refractivity contribution < 1.29 is 9.59 Å². The Kier molecular flexibility index (Phi) is 10.9. The van der Waals surface area contributed by atoms with E-state index in [1.807, 2.05) is 42.5 Å². The molecular weight excluding hydrogens is 493 g/mol. The summed E-state index contributed by atoms with van der Waals surface area (Å²) in [5, 5.41) is 9.15. The molecule has 0 aliphatic heterocycles. The summed E-state index contributed by atoms with van der Waals surface area (Å²) in [4.78, 5) is 29.6. The number of guanidine groups is 1. The average Bonchev–Trinajstić information content (AvgIpc) is 2.75. The second-order valence-electron chi connectivity index (χ2n) is 6.78. The summed E-state index contributed by atoms with van der Waals surface area (Å²) in [7, 11) is 6.82. The molecule has 30 heavy (non-hydrogen) atoms. The lowest BCUT2D eigenvalue weighted by Gasteiger charge is -2.13. The Balaban J connectivity index is 0.00000450. The monoisotopic (exact) mass is 523 g/mol. The van der Waals surface area contributed by atoms with Gasteiger partial charge < -0.3 is 20.9 Å². The van der Waals surface area contributed by atoms with Crippen molar-refractivity contribution in [1.82, 2.24) is 20.9 Å². The van der Waals surface area contributed by atoms with E-state index in [1.54, 1.807) is 39.2 Å². The Morgan fingerprint density at radius 2 is 1.60 bits per heavy atom. The molecule has 0 aliphatic carbocycles. The summed E-state index contributed by atoms with van der Waals surface area (Å²) in [5.74, 6) is 0.566. The van der Waals surface area contributed by atoms with Gasteiger partial charge in [0, 0.05) is 52.4 Å². The van der Waals surface area contributed by atoms with Crippen LogP contribution in [-0.2, 0) is 13.0 Å². The number of amides is 2. The van der Waals surface area contributed by atoms with Crippen LogP contribution in [0.1, 0.15) is 31.8 Å². The van der Waals surface area contributed by atoms with E-state index in [2.05, 4.69) is 20.9 Å². The summed E-state index contributed by atoms with van der Waals surface area (Å²) in [6.45, 7) is 1.23. The summed E-state index contributed by atoms with van der Waals surface area (Å²) >= 11 is 0. The number of carbonyl (C=O) groups is 2. The third-order valence-electron chi connectivity index (χ3n) is 4.39. The molecule has 2 aromatic rings. The first-order valence-corrected chi connectivity index (χ1v) is 9.50. The van der Waals surface area contributed by atoms with E-state index >= 15 is 0 Å². The molecule has 0 saturated heterocycles. The summed E-state index contributed by atoms with van der Waals surface area (Å²) < 4.78 is 0. The molecule has 0 fully saturated rings. The fourth-order valence-electron chi connectivity index (χ4n) is 2.82. The molecule has 0 aromatic heterocycles. The van der Waals surface area contributed by atoms with E-state index in [1.165, 1.54) is 0 Å². The highest BCUT2D eigenvalue weighted by atomic mass is 127. The summed E-state index contributed by atoms with van der Waals surface area (Å²) in [5.41, 5.74) is 3.38. The van der Waals surface area contributed by atoms with Gasteiger partial charge in [0.15, 0.2) is 5.96 Å². The van der Waals surface area contributed by atoms with Crippen LogP contribution in [0.4, 0.5) is 0 Å². The Bertz CT molecular complexity index is 883. The highest BCUT2D eigenvalue weighted by Gasteiger charge is 2.08. The molecule has 0 radical (unpaired) electrons. The van der Waals surface area contributed by atoms with Crippen LogP contribution < -0.4 is 16.0 Å². The molecule has 2 amide bonds. The minimum Gasteiger partial charge on any atom is -0.356 e. The number of aliphatic imine (C=N–C) groups is 1. The number of hydrogen-bond acceptors (Lipinski definition) is 3. The zero-order valence-electron chi connectivity index (χ0n) is 17.9. The number of benzene rings is 2. The Hall–Kier alpha value is -2.62. The van der Waals surface area contributed by atoms with E-state index in [0.717, 1.165) is 17.5 Å². The van der Waals surface area contributed by atoms with Crippen molar-refractivity contribution in [2.24, 2.45) is 4.99 Å². The topological polar surface area (TPSA) is 85.8 Å². The molecule has 0 heterocycles. The number of carbonyl (C=O) groups excluding carboxylic acids is 2. The highest BCUT2D eigenvalue weighted by Crippen LogP contribution is 2.08. The van der Waals surface area contributed by atoms with Gasteiger partial charge in [-0.25, -0.2) is 0 Å². The molecule has 0 spiro atoms. The molecule has 0 unspecified atom stereocenters. The van der Waals surface area contributed by atoms with Gasteiger partial charge in [0.2, 0.25) is 0 Å². The van der Waals surface area contributed by atoms with Crippen molar-refractivity contribution in [3.8, 4) is 0 Å². The lowest BCUT2D eigenvalue weighted by molar-refractivity contribution is 0.0827. The van der Waals surface area contributed by atoms with Gasteiger partial charge in [0.1, 0.15) is 0 Å². The maximum Gasteiger partial charge on any atom is 0.253 e. The van der Waals surface area contributed by atoms with Gasteiger partial charge in [0.25, 0.3) is 11.8 Å². The van der Waals surface area contributed by atoms with Crippen LogP contribution in [0.25, 0.3) is 0 Å². The van der Waals surface area contributed by atoms with Crippen LogP contribution in [0.5, 0.6) is 0 Å². The van der Waals surface area contributed by atoms with Crippen molar-refractivity contribution >= 4 is 41.8 Å². The quantitative estimate of drug-likeness (QED) is 0.296. The molecule has 162 valence electrons. The molecule has 2 aromatic carbocycles. The largest absolute Gasteiger partial charge is 0.356 e. The molecule has 7 nitrogen and oxygen atoms in total. The molecular formula is C22H30IN5O2. The fraction of sp³-hybridized carbons (Fsp3) is 0.318. The summed E-state index contributed by atoms with van der Waals surface area (Å²) in [6, 6.07) is 15.1. The standard InChI is InChI=1S/C22H29N5O2.HI/c1-23-20(28)18-9-6-8-17(14-18)15-26-22(24-2)25-12-11-16-7-5-10-19(13-16)21(29)27(3)4;/h5-10,13-14H,11-12,15H2,1-4H3,(H,23,28)(H2,24,25,26);1H. The second-order valence-corrected chi connectivity index (χ2v) is 6.78. The maximum atomic E-state index is 12.1. The lowest BCUT2D eigenvalue weighted by atomic mass is 10.1. The minimum absolute atomic E-state index is 0. The Morgan fingerprint density at radius 1 is 0.967 bits per heavy atom. The number of halogens is 1. The van der Waals surface area contributed by atoms with Crippen LogP contribution in [0.3, 0.4) is 0 Å². The van der Waals surface area contributed by atoms with Crippen LogP contribution in [0, 0.1) is 0 Å². The van der Waals surface area contributed by atoms with Crippen molar-refractivity contribution in [3.63, 3.8) is 0 Å². The smallest absolute Gasteiger partial charge is 0.253 e. The Morgan fingerprint density at radius 3 is 2.23 bits per heavy atom. The molecule has 0 bridgehead atoms. The van der Waals surface area contributed by atoms with Crippen LogP contribution in [0.2, 0.25) is 0 Å². The SMILES string of the molecule is CN=C(NCCc1cccc(C(=O)N(C)C)c1)NCc1cccc(C(=O)NC)c1.I. The first kappa shape index (κ1) is 25.4. The van der Waals surface area contributed by atoms with Gasteiger partial charge in [-0.05, 0) is 41.8 Å². The van der Waals surface area contributed by atoms with Gasteiger partial charge in [-0.1, -0.05) is 24.3 Å². The molecule has 8 heteroatoms. The average molecular weight is 523 g/mol. The molecule has 2 rings (SSSR count). The van der Waals surface area contributed by atoms with Crippen LogP contribution >= 0.6 is 24.0 Å². The van der Waals surface area contributed by atoms with Crippen LogP contribution in [0.15, 0.2) is 53.5 Å². The van der Waals surface area contributed by atoms with Gasteiger partial charge in [0.05, 0.1) is 0 Å². The number of hydrogen-bond donors (Lipinski definition) is 3. The predicted molar refractivity (Wildman–Crippen MR) is 132 cm³/mol. The number of nitrogens with zero attached hydrogens (tertiary/aromatic N) is 2. The van der Waals surface area contributed by atoms with Gasteiger partial charge in [-0.3, -0.25) is 14.6 Å². The zero-order valence-corrected chi connectivity index (χ0v) is 20.2. The van der Waals surface area contributed by atoms with Crippen molar-refractivity contribution in [3.05, 3.63) is 70.8 Å². The van der Waals surface area contributed by atoms with Crippen molar-refractivity contribution in [1.29, 1.82) is 0 Å². The number of rotatable bonds is 7. The van der Waals surface area contributed by atoms with E-state index in [4.69, 9.17) is 0 Å². The second kappa shape index (κ2) is 12.8. The van der Waals surface area contributed by atoms with E-state index in [0.29, 0.717) is 30.2 Å². The lowest BCUT2D eigenvalue weighted by Crippen LogP contribution is -2.37. The van der Waals surface area contributed by atoms with Gasteiger partial charge in [-0.15, -0.1) is 24.0 Å². The van der Waals surface area contributed by atoms with E-state index < -0.39 is 0 Å². The third kappa shape index (κ3) is 7.66. The van der Waals surface area contributed by atoms with Gasteiger partial charge >= 0.3 is 0 Å². The minimum atomic E-state index is -0.107. The normalized spacial score (nSPS) is 10.6. The Labute approximate surface area is 195 Å². The predicted octanol–water partition coefficient (Wildman–Crippen LogP) is 2.27. The first-order valence-electron chi connectivity index (χ1n) is 9.50. The van der Waals surface area contributed by atoms with Crippen molar-refractivity contribution in [2.75, 3.05) is 34.7 Å². The molecule has 0 saturated carbocycles. The molecule has 3 N–H and O–H groups in total. The van der Waals surface area contributed by atoms with Gasteiger partial charge in [-0.2, -0.15) is 0 Å². The van der Waals surface area contributed by atoms with Crippen molar-refractivity contribution in [2.45, 2.75) is 13.0 Å². The number of nitrogens with one attached hydrogen (secondary N) is 3. The first-order chi connectivity index (χ1) is 13.9. The molecule has 0 atom stereocenters. The van der Waals surface area contributed by atoms with E-state index in [-0.39, 0.29) is 35.8 Å². The zero-order chi connectivity index (χ0) is 21.2. The highest BCUT2D eigenvalue weighted by molar-refractivity contribution is 14.0. The van der Waals surface area contributed by atoms with E-state index in [9.17, 15) is 9.59 Å². The third-order valence-corrected chi connectivity index (χ3v) is 4.39. The van der Waals surface area contributed by atoms with Crippen LogP contribution in [-0.4, -0.2) is 57.4 Å².